The van der Waals surface area contributed by atoms with Gasteiger partial charge in [0.15, 0.2) is 0 Å². The summed E-state index contributed by atoms with van der Waals surface area (Å²) < 4.78 is 10.9. The highest BCUT2D eigenvalue weighted by Crippen LogP contribution is 2.39. The molecule has 9 heteroatoms. The van der Waals surface area contributed by atoms with Crippen LogP contribution in [0.5, 0.6) is 0 Å². The molecule has 35 heavy (non-hydrogen) atoms. The van der Waals surface area contributed by atoms with E-state index in [4.69, 9.17) is 9.15 Å². The van der Waals surface area contributed by atoms with Crippen LogP contribution in [0.15, 0.2) is 46.4 Å². The van der Waals surface area contributed by atoms with E-state index in [-0.39, 0.29) is 23.5 Å². The molecular weight excluding hydrogens is 468 g/mol. The van der Waals surface area contributed by atoms with Crippen LogP contribution in [0.3, 0.4) is 0 Å². The van der Waals surface area contributed by atoms with Crippen molar-refractivity contribution in [3.63, 3.8) is 0 Å². The second-order valence-electron chi connectivity index (χ2n) is 7.81. The number of amides is 1. The lowest BCUT2D eigenvalue weighted by Crippen LogP contribution is -2.16. The molecule has 0 aliphatic heterocycles. The summed E-state index contributed by atoms with van der Waals surface area (Å²) in [7, 11) is 0. The third-order valence-electron chi connectivity index (χ3n) is 5.58. The Balaban J connectivity index is 1.61. The minimum absolute atomic E-state index is 0.0730. The van der Waals surface area contributed by atoms with Gasteiger partial charge in [-0.25, -0.2) is 9.59 Å². The lowest BCUT2D eigenvalue weighted by molar-refractivity contribution is -0.112. The molecule has 3 aromatic rings. The molecule has 1 aromatic carbocycles. The van der Waals surface area contributed by atoms with Crippen molar-refractivity contribution >= 4 is 40.3 Å². The van der Waals surface area contributed by atoms with Gasteiger partial charge in [0.25, 0.3) is 5.91 Å². The number of carboxylic acids is 1. The summed E-state index contributed by atoms with van der Waals surface area (Å²) in [5.41, 5.74) is 1.50. The normalized spacial score (nSPS) is 13.0. The van der Waals surface area contributed by atoms with Crippen molar-refractivity contribution in [1.29, 1.82) is 5.26 Å². The van der Waals surface area contributed by atoms with E-state index in [1.54, 1.807) is 37.3 Å². The second-order valence-corrected chi connectivity index (χ2v) is 8.92. The molecule has 0 atom stereocenters. The van der Waals surface area contributed by atoms with Gasteiger partial charge >= 0.3 is 11.9 Å². The number of esters is 1. The Bertz CT molecular complexity index is 1370. The van der Waals surface area contributed by atoms with Crippen LogP contribution in [0.25, 0.3) is 17.4 Å². The predicted molar refractivity (Wildman–Crippen MR) is 130 cm³/mol. The number of anilines is 1. The van der Waals surface area contributed by atoms with Gasteiger partial charge in [0.1, 0.15) is 28.2 Å². The minimum atomic E-state index is -1.10. The summed E-state index contributed by atoms with van der Waals surface area (Å²) in [5.74, 6) is -1.76. The number of hydrogen-bond donors (Lipinski definition) is 2. The molecule has 0 saturated carbocycles. The third-order valence-corrected chi connectivity index (χ3v) is 6.79. The smallest absolute Gasteiger partial charge is 0.341 e. The van der Waals surface area contributed by atoms with Crippen LogP contribution in [0.2, 0.25) is 0 Å². The molecule has 0 fully saturated rings. The molecule has 0 bridgehead atoms. The summed E-state index contributed by atoms with van der Waals surface area (Å²) in [6, 6.07) is 11.4. The van der Waals surface area contributed by atoms with Gasteiger partial charge in [-0.3, -0.25) is 4.79 Å². The number of rotatable bonds is 7. The number of furan rings is 1. The molecule has 178 valence electrons. The highest BCUT2D eigenvalue weighted by atomic mass is 32.1. The van der Waals surface area contributed by atoms with Gasteiger partial charge in [0.05, 0.1) is 17.7 Å². The van der Waals surface area contributed by atoms with Crippen molar-refractivity contribution in [3.05, 3.63) is 69.3 Å². The van der Waals surface area contributed by atoms with Gasteiger partial charge < -0.3 is 19.6 Å². The number of nitrogens with zero attached hydrogens (tertiary/aromatic N) is 1. The summed E-state index contributed by atoms with van der Waals surface area (Å²) >= 11 is 1.34. The monoisotopic (exact) mass is 490 g/mol. The van der Waals surface area contributed by atoms with Gasteiger partial charge in [-0.15, -0.1) is 11.3 Å². The number of aromatic carboxylic acids is 1. The first-order valence-electron chi connectivity index (χ1n) is 11.1. The molecule has 2 aromatic heterocycles. The summed E-state index contributed by atoms with van der Waals surface area (Å²) in [5, 5.41) is 22.1. The van der Waals surface area contributed by atoms with Gasteiger partial charge in [-0.1, -0.05) is 18.2 Å². The first-order valence-corrected chi connectivity index (χ1v) is 11.9. The molecule has 0 unspecified atom stereocenters. The van der Waals surface area contributed by atoms with Crippen LogP contribution in [0.4, 0.5) is 5.00 Å². The Labute approximate surface area is 205 Å². The largest absolute Gasteiger partial charge is 0.478 e. The van der Waals surface area contributed by atoms with Gasteiger partial charge in [-0.2, -0.15) is 5.26 Å². The molecule has 0 saturated heterocycles. The number of thiophene rings is 1. The molecule has 1 aliphatic rings. The van der Waals surface area contributed by atoms with Crippen molar-refractivity contribution < 1.29 is 28.6 Å². The Hall–Kier alpha value is -4.16. The summed E-state index contributed by atoms with van der Waals surface area (Å²) in [4.78, 5) is 38.1. The zero-order valence-corrected chi connectivity index (χ0v) is 19.7. The van der Waals surface area contributed by atoms with Crippen LogP contribution in [-0.2, 0) is 22.4 Å². The van der Waals surface area contributed by atoms with Gasteiger partial charge in [0, 0.05) is 16.5 Å². The average molecular weight is 491 g/mol. The molecule has 1 aliphatic carbocycles. The standard InChI is InChI=1S/C26H22N2O6S/c1-2-33-26(32)22-19-9-5-6-10-21(19)35-24(22)28-23(29)15(14-27)13-16-11-12-20(34-16)17-7-3-4-8-18(17)25(30)31/h3-4,7-8,11-13H,2,5-6,9-10H2,1H3,(H,28,29)(H,30,31)/b15-13+. The number of ether oxygens (including phenoxy) is 1. The van der Waals surface area contributed by atoms with E-state index in [2.05, 4.69) is 5.32 Å². The molecule has 2 heterocycles. The number of carbonyl (C=O) groups is 3. The maximum Gasteiger partial charge on any atom is 0.341 e. The van der Waals surface area contributed by atoms with E-state index in [1.165, 1.54) is 23.5 Å². The number of hydrogen-bond acceptors (Lipinski definition) is 7. The van der Waals surface area contributed by atoms with E-state index in [0.29, 0.717) is 21.9 Å². The zero-order valence-electron chi connectivity index (χ0n) is 18.9. The molecule has 4 rings (SSSR count). The number of nitrogens with one attached hydrogen (secondary N) is 1. The van der Waals surface area contributed by atoms with E-state index >= 15 is 0 Å². The molecule has 0 radical (unpaired) electrons. The van der Waals surface area contributed by atoms with Crippen molar-refractivity contribution in [3.8, 4) is 17.4 Å². The highest BCUT2D eigenvalue weighted by molar-refractivity contribution is 7.17. The van der Waals surface area contributed by atoms with E-state index in [0.717, 1.165) is 36.1 Å². The Kier molecular flexibility index (Phi) is 7.13. The predicted octanol–water partition coefficient (Wildman–Crippen LogP) is 5.31. The van der Waals surface area contributed by atoms with Crippen molar-refractivity contribution in [1.82, 2.24) is 0 Å². The fraction of sp³-hybridized carbons (Fsp3) is 0.231. The fourth-order valence-electron chi connectivity index (χ4n) is 3.99. The third kappa shape index (κ3) is 5.03. The highest BCUT2D eigenvalue weighted by Gasteiger charge is 2.28. The summed E-state index contributed by atoms with van der Waals surface area (Å²) in [6.45, 7) is 1.93. The lowest BCUT2D eigenvalue weighted by Gasteiger charge is -2.12. The Morgan fingerprint density at radius 2 is 1.97 bits per heavy atom. The molecule has 0 spiro atoms. The Morgan fingerprint density at radius 3 is 2.71 bits per heavy atom. The molecule has 2 N–H and O–H groups in total. The van der Waals surface area contributed by atoms with Crippen molar-refractivity contribution in [2.24, 2.45) is 0 Å². The van der Waals surface area contributed by atoms with Crippen molar-refractivity contribution in [2.45, 2.75) is 32.6 Å². The maximum atomic E-state index is 12.9. The van der Waals surface area contributed by atoms with Crippen LogP contribution < -0.4 is 5.32 Å². The minimum Gasteiger partial charge on any atom is -0.478 e. The Morgan fingerprint density at radius 1 is 1.20 bits per heavy atom. The number of carbonyl (C=O) groups excluding carboxylic acids is 2. The average Bonchev–Trinajstić information content (AvgIpc) is 3.46. The van der Waals surface area contributed by atoms with Crippen LogP contribution in [0.1, 0.15) is 56.7 Å². The van der Waals surface area contributed by atoms with Crippen LogP contribution in [-0.4, -0.2) is 29.6 Å². The van der Waals surface area contributed by atoms with Crippen molar-refractivity contribution in [2.75, 3.05) is 11.9 Å². The number of benzene rings is 1. The number of carboxylic acid groups (broad SMARTS) is 1. The second kappa shape index (κ2) is 10.4. The SMILES string of the molecule is CCOC(=O)c1c(NC(=O)/C(C#N)=C/c2ccc(-c3ccccc3C(=O)O)o2)sc2c1CCCC2. The number of aryl methyl sites for hydroxylation is 1. The maximum absolute atomic E-state index is 12.9. The van der Waals surface area contributed by atoms with E-state index in [1.807, 2.05) is 6.07 Å². The molecular formula is C26H22N2O6S. The van der Waals surface area contributed by atoms with Crippen LogP contribution >= 0.6 is 11.3 Å². The van der Waals surface area contributed by atoms with E-state index in [9.17, 15) is 24.8 Å². The zero-order chi connectivity index (χ0) is 24.9. The lowest BCUT2D eigenvalue weighted by atomic mass is 9.95. The molecule has 8 nitrogen and oxygen atoms in total. The quantitative estimate of drug-likeness (QED) is 0.261. The summed E-state index contributed by atoms with van der Waals surface area (Å²) in [6.07, 6.45) is 4.82. The number of fused-ring (bicyclic) bond motifs is 1. The van der Waals surface area contributed by atoms with Crippen LogP contribution in [0, 0.1) is 11.3 Å². The van der Waals surface area contributed by atoms with Gasteiger partial charge in [0.2, 0.25) is 0 Å². The van der Waals surface area contributed by atoms with Gasteiger partial charge in [-0.05, 0) is 56.4 Å². The first-order chi connectivity index (χ1) is 16.9. The number of nitriles is 1. The first kappa shape index (κ1) is 24.0. The fourth-order valence-corrected chi connectivity index (χ4v) is 5.27. The topological polar surface area (TPSA) is 130 Å². The molecule has 1 amide bonds. The van der Waals surface area contributed by atoms with E-state index < -0.39 is 17.8 Å².